The number of rotatable bonds is 11. The van der Waals surface area contributed by atoms with E-state index in [1.807, 2.05) is 27.7 Å². The molecule has 1 fully saturated rings. The zero-order chi connectivity index (χ0) is 19.9. The third-order valence-corrected chi connectivity index (χ3v) is 10.1. The molecule has 1 aliphatic carbocycles. The quantitative estimate of drug-likeness (QED) is 0.334. The van der Waals surface area contributed by atoms with Gasteiger partial charge in [-0.1, -0.05) is 59.8 Å². The number of aliphatic hydroxyl groups is 1. The van der Waals surface area contributed by atoms with E-state index in [1.54, 1.807) is 11.4 Å². The molecule has 27 heavy (non-hydrogen) atoms. The van der Waals surface area contributed by atoms with Crippen LogP contribution in [0.3, 0.4) is 0 Å². The van der Waals surface area contributed by atoms with Gasteiger partial charge in [0.2, 0.25) is 5.69 Å². The minimum absolute atomic E-state index is 0.0465. The molecule has 1 saturated carbocycles. The van der Waals surface area contributed by atoms with Crippen molar-refractivity contribution in [3.8, 4) is 0 Å². The summed E-state index contributed by atoms with van der Waals surface area (Å²) in [7, 11) is 0. The number of benzene rings is 1. The van der Waals surface area contributed by atoms with Crippen molar-refractivity contribution in [3.05, 3.63) is 47.5 Å². The highest BCUT2D eigenvalue weighted by Gasteiger charge is 2.41. The minimum Gasteiger partial charge on any atom is -0.396 e. The highest BCUT2D eigenvalue weighted by Crippen LogP contribution is 2.62. The lowest BCUT2D eigenvalue weighted by molar-refractivity contribution is 0.186. The van der Waals surface area contributed by atoms with E-state index in [1.165, 1.54) is 17.6 Å². The summed E-state index contributed by atoms with van der Waals surface area (Å²) in [5.41, 5.74) is 0.379. The molecular weight excluding hydrogens is 395 g/mol. The molecule has 0 aliphatic heterocycles. The second kappa shape index (κ2) is 10.6. The summed E-state index contributed by atoms with van der Waals surface area (Å²) >= 11 is 7.36. The molecule has 0 atom stereocenters. The summed E-state index contributed by atoms with van der Waals surface area (Å²) in [6.45, 7) is 8.16. The highest BCUT2D eigenvalue weighted by atomic mass is 32.9. The number of hydrogen-bond donors (Lipinski definition) is 1. The minimum atomic E-state index is -2.38. The van der Waals surface area contributed by atoms with Crippen LogP contribution in [-0.2, 0) is 26.3 Å². The smallest absolute Gasteiger partial charge is 0.248 e. The van der Waals surface area contributed by atoms with E-state index in [-0.39, 0.29) is 24.2 Å². The Morgan fingerprint density at radius 3 is 2.22 bits per heavy atom. The Bertz CT molecular complexity index is 641. The molecule has 1 aliphatic rings. The van der Waals surface area contributed by atoms with Gasteiger partial charge in [0.05, 0.1) is 12.2 Å². The van der Waals surface area contributed by atoms with Gasteiger partial charge < -0.3 is 14.2 Å². The van der Waals surface area contributed by atoms with Crippen LogP contribution in [0.2, 0.25) is 0 Å². The largest absolute Gasteiger partial charge is 0.396 e. The molecule has 3 nitrogen and oxygen atoms in total. The molecule has 6 heteroatoms. The van der Waals surface area contributed by atoms with Gasteiger partial charge in [-0.25, -0.2) is 0 Å². The predicted octanol–water partition coefficient (Wildman–Crippen LogP) is 6.22. The van der Waals surface area contributed by atoms with Crippen LogP contribution < -0.4 is 0 Å². The Hall–Kier alpha value is -0.160. The van der Waals surface area contributed by atoms with Crippen molar-refractivity contribution >= 4 is 28.9 Å². The summed E-state index contributed by atoms with van der Waals surface area (Å²) < 4.78 is 12.0. The maximum Gasteiger partial charge on any atom is 0.248 e. The molecule has 0 bridgehead atoms. The number of hydrogen-bond acceptors (Lipinski definition) is 5. The van der Waals surface area contributed by atoms with Crippen LogP contribution in [-0.4, -0.2) is 29.7 Å². The van der Waals surface area contributed by atoms with Crippen LogP contribution in [0.1, 0.15) is 58.9 Å². The van der Waals surface area contributed by atoms with E-state index in [2.05, 4.69) is 36.4 Å². The second-order valence-electron chi connectivity index (χ2n) is 7.56. The van der Waals surface area contributed by atoms with Gasteiger partial charge in [-0.3, -0.25) is 0 Å². The Morgan fingerprint density at radius 2 is 1.78 bits per heavy atom. The SMILES string of the molecule is CC(C)OP(=S)(OC(C)C)SC/C=C(\CCO)C1(c2ccccc2)CCC1. The van der Waals surface area contributed by atoms with E-state index >= 15 is 0 Å². The van der Waals surface area contributed by atoms with E-state index in [0.717, 1.165) is 18.6 Å². The topological polar surface area (TPSA) is 38.7 Å². The Morgan fingerprint density at radius 1 is 1.19 bits per heavy atom. The molecule has 0 heterocycles. The van der Waals surface area contributed by atoms with Gasteiger partial charge in [0.25, 0.3) is 0 Å². The van der Waals surface area contributed by atoms with Gasteiger partial charge in [0, 0.05) is 17.8 Å². The molecule has 152 valence electrons. The fraction of sp³-hybridized carbons (Fsp3) is 0.619. The first kappa shape index (κ1) is 23.1. The van der Waals surface area contributed by atoms with Crippen molar-refractivity contribution in [3.63, 3.8) is 0 Å². The van der Waals surface area contributed by atoms with Crippen LogP contribution in [0.25, 0.3) is 0 Å². The van der Waals surface area contributed by atoms with Crippen molar-refractivity contribution in [2.45, 2.75) is 71.0 Å². The van der Waals surface area contributed by atoms with Gasteiger partial charge in [-0.15, -0.1) is 0 Å². The lowest BCUT2D eigenvalue weighted by atomic mass is 9.59. The van der Waals surface area contributed by atoms with E-state index < -0.39 is 5.69 Å². The third kappa shape index (κ3) is 6.42. The molecule has 1 aromatic carbocycles. The lowest BCUT2D eigenvalue weighted by Crippen LogP contribution is -2.36. The van der Waals surface area contributed by atoms with Crippen molar-refractivity contribution in [2.24, 2.45) is 0 Å². The third-order valence-electron chi connectivity index (χ3n) is 4.77. The zero-order valence-electron chi connectivity index (χ0n) is 16.9. The fourth-order valence-electron chi connectivity index (χ4n) is 3.57. The number of aliphatic hydroxyl groups excluding tert-OH is 1. The normalized spacial score (nSPS) is 17.4. The Balaban J connectivity index is 2.18. The molecule has 0 radical (unpaired) electrons. The van der Waals surface area contributed by atoms with E-state index in [4.69, 9.17) is 20.9 Å². The van der Waals surface area contributed by atoms with Crippen LogP contribution in [0.5, 0.6) is 0 Å². The fourth-order valence-corrected chi connectivity index (χ4v) is 8.98. The van der Waals surface area contributed by atoms with E-state index in [0.29, 0.717) is 6.42 Å². The average Bonchev–Trinajstić information content (AvgIpc) is 2.53. The summed E-state index contributed by atoms with van der Waals surface area (Å²) in [6.07, 6.45) is 6.58. The maximum atomic E-state index is 9.65. The molecule has 0 amide bonds. The van der Waals surface area contributed by atoms with Gasteiger partial charge in [0.15, 0.2) is 0 Å². The van der Waals surface area contributed by atoms with Gasteiger partial charge in [0.1, 0.15) is 0 Å². The van der Waals surface area contributed by atoms with Crippen molar-refractivity contribution in [1.82, 2.24) is 0 Å². The monoisotopic (exact) mass is 428 g/mol. The summed E-state index contributed by atoms with van der Waals surface area (Å²) in [5, 5.41) is 9.65. The molecule has 0 spiro atoms. The molecular formula is C21H33O3PS2. The van der Waals surface area contributed by atoms with Crippen LogP contribution in [0.15, 0.2) is 42.0 Å². The van der Waals surface area contributed by atoms with Crippen LogP contribution >= 0.6 is 17.1 Å². The molecule has 2 rings (SSSR count). The van der Waals surface area contributed by atoms with Gasteiger partial charge in [-0.2, -0.15) is 0 Å². The molecule has 0 aromatic heterocycles. The second-order valence-corrected chi connectivity index (χ2v) is 13.8. The van der Waals surface area contributed by atoms with Crippen LogP contribution in [0.4, 0.5) is 0 Å². The van der Waals surface area contributed by atoms with Crippen molar-refractivity contribution < 1.29 is 14.2 Å². The maximum absolute atomic E-state index is 9.65. The first-order valence-electron chi connectivity index (χ1n) is 9.78. The van der Waals surface area contributed by atoms with Crippen molar-refractivity contribution in [1.29, 1.82) is 0 Å². The van der Waals surface area contributed by atoms with Crippen LogP contribution in [0, 0.1) is 0 Å². The van der Waals surface area contributed by atoms with E-state index in [9.17, 15) is 5.11 Å². The molecule has 1 aromatic rings. The highest BCUT2D eigenvalue weighted by molar-refractivity contribution is 8.67. The summed E-state index contributed by atoms with van der Waals surface area (Å²) in [6, 6.07) is 10.7. The summed E-state index contributed by atoms with van der Waals surface area (Å²) in [5.74, 6) is 0.751. The first-order valence-corrected chi connectivity index (χ1v) is 14.0. The van der Waals surface area contributed by atoms with Gasteiger partial charge in [-0.05, 0) is 64.3 Å². The van der Waals surface area contributed by atoms with Gasteiger partial charge >= 0.3 is 0 Å². The first-order chi connectivity index (χ1) is 12.8. The molecule has 1 N–H and O–H groups in total. The lowest BCUT2D eigenvalue weighted by Gasteiger charge is -2.45. The molecule has 0 saturated heterocycles. The Labute approximate surface area is 173 Å². The standard InChI is InChI=1S/C21H33O3PS2/c1-17(2)23-25(26,24-18(3)4)27-16-12-20(11-15-22)21(13-8-14-21)19-9-6-5-7-10-19/h5-7,9-10,12,17-18,22H,8,11,13-16H2,1-4H3/b20-12+. The van der Waals surface area contributed by atoms with Crippen molar-refractivity contribution in [2.75, 3.05) is 12.4 Å². The Kier molecular flexibility index (Phi) is 9.05. The zero-order valence-corrected chi connectivity index (χ0v) is 19.4. The average molecular weight is 429 g/mol. The predicted molar refractivity (Wildman–Crippen MR) is 121 cm³/mol. The summed E-state index contributed by atoms with van der Waals surface area (Å²) in [4.78, 5) is 0. The molecule has 0 unspecified atom stereocenters.